The number of methoxy groups -OCH3 is 1. The summed E-state index contributed by atoms with van der Waals surface area (Å²) in [4.78, 5) is 14.1. The molecule has 0 saturated heterocycles. The van der Waals surface area contributed by atoms with Crippen LogP contribution >= 0.6 is 0 Å². The number of benzene rings is 2. The molecular weight excluding hydrogens is 302 g/mol. The Labute approximate surface area is 132 Å². The molecule has 1 amide bonds. The Kier molecular flexibility index (Phi) is 4.25. The third kappa shape index (κ3) is 2.77. The van der Waals surface area contributed by atoms with Crippen molar-refractivity contribution >= 4 is 11.6 Å². The van der Waals surface area contributed by atoms with Crippen LogP contribution in [0.4, 0.5) is 14.5 Å². The maximum Gasteiger partial charge on any atom is 0.257 e. The maximum absolute atomic E-state index is 14.2. The molecule has 0 aromatic heterocycles. The van der Waals surface area contributed by atoms with Crippen LogP contribution in [0.3, 0.4) is 0 Å². The highest BCUT2D eigenvalue weighted by Crippen LogP contribution is 2.34. The molecular formula is C17H16F2N2O2. The second kappa shape index (κ2) is 6.34. The lowest BCUT2D eigenvalue weighted by Gasteiger charge is -2.38. The fourth-order valence-corrected chi connectivity index (χ4v) is 2.71. The fraction of sp³-hybridized carbons (Fsp3) is 0.235. The van der Waals surface area contributed by atoms with Crippen LogP contribution in [0.25, 0.3) is 0 Å². The Morgan fingerprint density at radius 1 is 1.13 bits per heavy atom. The number of para-hydroxylation sites is 1. The minimum Gasteiger partial charge on any atom is -0.383 e. The highest BCUT2D eigenvalue weighted by atomic mass is 19.1. The lowest BCUT2D eigenvalue weighted by molar-refractivity contribution is 0.0602. The molecule has 4 nitrogen and oxygen atoms in total. The molecule has 0 unspecified atom stereocenters. The number of nitrogens with zero attached hydrogens (tertiary/aromatic N) is 1. The molecule has 0 spiro atoms. The zero-order chi connectivity index (χ0) is 16.4. The number of halogens is 2. The summed E-state index contributed by atoms with van der Waals surface area (Å²) in [5, 5.41) is 3.05. The number of rotatable bonds is 4. The van der Waals surface area contributed by atoms with Gasteiger partial charge in [0.15, 0.2) is 0 Å². The van der Waals surface area contributed by atoms with Crippen LogP contribution in [-0.2, 0) is 4.74 Å². The lowest BCUT2D eigenvalue weighted by atomic mass is 10.0. The maximum atomic E-state index is 14.2. The minimum atomic E-state index is -0.922. The van der Waals surface area contributed by atoms with Gasteiger partial charge >= 0.3 is 0 Å². The monoisotopic (exact) mass is 318 g/mol. The molecule has 0 fully saturated rings. The summed E-state index contributed by atoms with van der Waals surface area (Å²) in [7, 11) is 1.51. The smallest absolute Gasteiger partial charge is 0.257 e. The quantitative estimate of drug-likeness (QED) is 0.941. The van der Waals surface area contributed by atoms with Crippen molar-refractivity contribution < 1.29 is 18.3 Å². The second-order valence-electron chi connectivity index (χ2n) is 5.22. The van der Waals surface area contributed by atoms with Crippen molar-refractivity contribution in [3.8, 4) is 0 Å². The van der Waals surface area contributed by atoms with Crippen LogP contribution in [0.15, 0.2) is 42.5 Å². The Bertz CT molecular complexity index is 716. The number of anilines is 1. The van der Waals surface area contributed by atoms with Crippen LogP contribution in [0.1, 0.15) is 22.1 Å². The molecule has 1 aliphatic rings. The molecule has 0 aliphatic carbocycles. The van der Waals surface area contributed by atoms with Gasteiger partial charge in [0, 0.05) is 19.3 Å². The number of hydrogen-bond donors (Lipinski definition) is 1. The van der Waals surface area contributed by atoms with Crippen molar-refractivity contribution in [3.63, 3.8) is 0 Å². The van der Waals surface area contributed by atoms with Gasteiger partial charge in [-0.3, -0.25) is 4.79 Å². The summed E-state index contributed by atoms with van der Waals surface area (Å²) in [5.41, 5.74) is 0.849. The van der Waals surface area contributed by atoms with Crippen LogP contribution in [0.5, 0.6) is 0 Å². The molecule has 1 atom stereocenters. The molecule has 1 heterocycles. The predicted octanol–water partition coefficient (Wildman–Crippen LogP) is 3.18. The molecule has 0 saturated carbocycles. The number of fused-ring (bicyclic) bond motifs is 1. The van der Waals surface area contributed by atoms with E-state index in [1.807, 2.05) is 0 Å². The minimum absolute atomic E-state index is 0.175. The number of hydrogen-bond acceptors (Lipinski definition) is 3. The van der Waals surface area contributed by atoms with Crippen LogP contribution in [0.2, 0.25) is 0 Å². The Balaban J connectivity index is 2.08. The zero-order valence-corrected chi connectivity index (χ0v) is 12.6. The average molecular weight is 318 g/mol. The molecule has 0 radical (unpaired) electrons. The summed E-state index contributed by atoms with van der Waals surface area (Å²) in [5.74, 6) is -1.68. The van der Waals surface area contributed by atoms with Gasteiger partial charge in [0.05, 0.1) is 17.7 Å². The van der Waals surface area contributed by atoms with Gasteiger partial charge in [-0.2, -0.15) is 0 Å². The van der Waals surface area contributed by atoms with Gasteiger partial charge in [0.25, 0.3) is 5.91 Å². The van der Waals surface area contributed by atoms with E-state index in [0.717, 1.165) is 0 Å². The third-order valence-corrected chi connectivity index (χ3v) is 3.83. The second-order valence-corrected chi connectivity index (χ2v) is 5.22. The molecule has 3 rings (SSSR count). The van der Waals surface area contributed by atoms with Gasteiger partial charge in [0.2, 0.25) is 0 Å². The van der Waals surface area contributed by atoms with Crippen molar-refractivity contribution in [3.05, 3.63) is 65.2 Å². The number of ether oxygens (including phenoxy) is 1. The standard InChI is InChI=1S/C17H16F2N2O2/c1-23-10-9-21-16(15-12(18)6-4-7-13(15)19)20-14-8-3-2-5-11(14)17(21)22/h2-8,16,20H,9-10H2,1H3/t16-/m1/s1. The summed E-state index contributed by atoms with van der Waals surface area (Å²) in [6, 6.07) is 10.6. The molecule has 0 bridgehead atoms. The van der Waals surface area contributed by atoms with Crippen molar-refractivity contribution in [1.82, 2.24) is 4.90 Å². The van der Waals surface area contributed by atoms with E-state index in [-0.39, 0.29) is 24.6 Å². The van der Waals surface area contributed by atoms with Gasteiger partial charge in [0.1, 0.15) is 17.8 Å². The lowest BCUT2D eigenvalue weighted by Crippen LogP contribution is -2.45. The molecule has 120 valence electrons. The Hall–Kier alpha value is -2.47. The van der Waals surface area contributed by atoms with E-state index >= 15 is 0 Å². The van der Waals surface area contributed by atoms with Gasteiger partial charge in [-0.25, -0.2) is 8.78 Å². The molecule has 6 heteroatoms. The van der Waals surface area contributed by atoms with E-state index in [9.17, 15) is 13.6 Å². The molecule has 1 aliphatic heterocycles. The van der Waals surface area contributed by atoms with Gasteiger partial charge in [-0.15, -0.1) is 0 Å². The fourth-order valence-electron chi connectivity index (χ4n) is 2.71. The average Bonchev–Trinajstić information content (AvgIpc) is 2.54. The first kappa shape index (κ1) is 15.4. The number of nitrogens with one attached hydrogen (secondary N) is 1. The van der Waals surface area contributed by atoms with Gasteiger partial charge in [-0.05, 0) is 24.3 Å². The van der Waals surface area contributed by atoms with Crippen molar-refractivity contribution in [2.45, 2.75) is 6.17 Å². The topological polar surface area (TPSA) is 41.6 Å². The zero-order valence-electron chi connectivity index (χ0n) is 12.6. The van der Waals surface area contributed by atoms with E-state index < -0.39 is 17.8 Å². The molecule has 2 aromatic carbocycles. The Morgan fingerprint density at radius 2 is 1.83 bits per heavy atom. The highest BCUT2D eigenvalue weighted by molar-refractivity contribution is 6.01. The predicted molar refractivity (Wildman–Crippen MR) is 82.1 cm³/mol. The SMILES string of the molecule is COCCN1C(=O)c2ccccc2N[C@H]1c1c(F)cccc1F. The van der Waals surface area contributed by atoms with Crippen LogP contribution < -0.4 is 5.32 Å². The summed E-state index contributed by atoms with van der Waals surface area (Å²) in [6.45, 7) is 0.483. The molecule has 1 N–H and O–H groups in total. The number of carbonyl (C=O) groups excluding carboxylic acids is 1. The van der Waals surface area contributed by atoms with Crippen LogP contribution in [0, 0.1) is 11.6 Å². The summed E-state index contributed by atoms with van der Waals surface area (Å²) >= 11 is 0. The van der Waals surface area contributed by atoms with E-state index in [4.69, 9.17) is 4.74 Å². The van der Waals surface area contributed by atoms with Crippen molar-refractivity contribution in [2.24, 2.45) is 0 Å². The normalized spacial score (nSPS) is 16.9. The first-order valence-electron chi connectivity index (χ1n) is 7.23. The summed E-state index contributed by atoms with van der Waals surface area (Å²) in [6.07, 6.45) is -0.922. The van der Waals surface area contributed by atoms with E-state index in [1.165, 1.54) is 30.2 Å². The van der Waals surface area contributed by atoms with E-state index in [1.54, 1.807) is 24.3 Å². The van der Waals surface area contributed by atoms with E-state index in [0.29, 0.717) is 11.3 Å². The first-order valence-corrected chi connectivity index (χ1v) is 7.23. The summed E-state index contributed by atoms with van der Waals surface area (Å²) < 4.78 is 33.4. The molecule has 2 aromatic rings. The van der Waals surface area contributed by atoms with Gasteiger partial charge in [-0.1, -0.05) is 18.2 Å². The van der Waals surface area contributed by atoms with Gasteiger partial charge < -0.3 is 15.0 Å². The highest BCUT2D eigenvalue weighted by Gasteiger charge is 2.35. The van der Waals surface area contributed by atoms with E-state index in [2.05, 4.69) is 5.32 Å². The van der Waals surface area contributed by atoms with Crippen LogP contribution in [-0.4, -0.2) is 31.1 Å². The number of carbonyl (C=O) groups is 1. The van der Waals surface area contributed by atoms with Crippen molar-refractivity contribution in [2.75, 3.05) is 25.6 Å². The largest absolute Gasteiger partial charge is 0.383 e. The number of amides is 1. The third-order valence-electron chi connectivity index (χ3n) is 3.83. The Morgan fingerprint density at radius 3 is 2.52 bits per heavy atom. The first-order chi connectivity index (χ1) is 11.1. The molecule has 23 heavy (non-hydrogen) atoms. The van der Waals surface area contributed by atoms with Crippen molar-refractivity contribution in [1.29, 1.82) is 0 Å².